The van der Waals surface area contributed by atoms with E-state index < -0.39 is 0 Å². The van der Waals surface area contributed by atoms with Gasteiger partial charge in [-0.1, -0.05) is 17.8 Å². The van der Waals surface area contributed by atoms with Gasteiger partial charge in [-0.25, -0.2) is 10.4 Å². The molecule has 1 aromatic carbocycles. The highest BCUT2D eigenvalue weighted by atomic mass is 32.2. The molecule has 2 aromatic rings. The van der Waals surface area contributed by atoms with Crippen LogP contribution < -0.4 is 14.9 Å². The third kappa shape index (κ3) is 5.30. The van der Waals surface area contributed by atoms with Crippen molar-refractivity contribution in [2.45, 2.75) is 5.03 Å². The Morgan fingerprint density at radius 1 is 1.30 bits per heavy atom. The highest BCUT2D eigenvalue weighted by molar-refractivity contribution is 7.99. The van der Waals surface area contributed by atoms with Crippen molar-refractivity contribution in [2.24, 2.45) is 5.10 Å². The fourth-order valence-corrected chi connectivity index (χ4v) is 2.36. The van der Waals surface area contributed by atoms with E-state index in [1.54, 1.807) is 38.6 Å². The SMILES string of the molecule is COc1ccc(/C=N\NC(=O)CSc2ccccn2)c(OC)c1. The third-order valence-electron chi connectivity index (χ3n) is 2.82. The number of ether oxygens (including phenoxy) is 2. The highest BCUT2D eigenvalue weighted by Gasteiger charge is 2.04. The van der Waals surface area contributed by atoms with Crippen LogP contribution in [0.5, 0.6) is 11.5 Å². The molecule has 0 aliphatic heterocycles. The van der Waals surface area contributed by atoms with E-state index in [-0.39, 0.29) is 11.7 Å². The van der Waals surface area contributed by atoms with Crippen LogP contribution in [0.4, 0.5) is 0 Å². The molecule has 6 nitrogen and oxygen atoms in total. The molecule has 0 spiro atoms. The van der Waals surface area contributed by atoms with Gasteiger partial charge in [-0.3, -0.25) is 4.79 Å². The van der Waals surface area contributed by atoms with Gasteiger partial charge >= 0.3 is 0 Å². The van der Waals surface area contributed by atoms with Crippen molar-refractivity contribution in [3.8, 4) is 11.5 Å². The molecule has 1 N–H and O–H groups in total. The predicted molar refractivity (Wildman–Crippen MR) is 90.2 cm³/mol. The largest absolute Gasteiger partial charge is 0.497 e. The van der Waals surface area contributed by atoms with Gasteiger partial charge in [0.2, 0.25) is 5.91 Å². The highest BCUT2D eigenvalue weighted by Crippen LogP contribution is 2.23. The second-order valence-electron chi connectivity index (χ2n) is 4.36. The molecule has 0 aliphatic rings. The topological polar surface area (TPSA) is 72.8 Å². The predicted octanol–water partition coefficient (Wildman–Crippen LogP) is 2.34. The van der Waals surface area contributed by atoms with E-state index in [4.69, 9.17) is 9.47 Å². The van der Waals surface area contributed by atoms with Gasteiger partial charge in [0.25, 0.3) is 0 Å². The Kier molecular flexibility index (Phi) is 6.43. The molecule has 7 heteroatoms. The minimum atomic E-state index is -0.204. The summed E-state index contributed by atoms with van der Waals surface area (Å²) in [5.41, 5.74) is 3.22. The second kappa shape index (κ2) is 8.79. The number of amides is 1. The molecule has 0 bridgehead atoms. The Hall–Kier alpha value is -2.54. The fourth-order valence-electron chi connectivity index (χ4n) is 1.70. The minimum Gasteiger partial charge on any atom is -0.497 e. The van der Waals surface area contributed by atoms with E-state index in [0.717, 1.165) is 10.6 Å². The molecule has 1 heterocycles. The minimum absolute atomic E-state index is 0.204. The molecule has 120 valence electrons. The van der Waals surface area contributed by atoms with Crippen LogP contribution in [-0.4, -0.2) is 37.1 Å². The Morgan fingerprint density at radius 2 is 2.17 bits per heavy atom. The number of aromatic nitrogens is 1. The van der Waals surface area contributed by atoms with E-state index >= 15 is 0 Å². The number of methoxy groups -OCH3 is 2. The fraction of sp³-hybridized carbons (Fsp3) is 0.188. The van der Waals surface area contributed by atoms with Gasteiger partial charge in [0.05, 0.1) is 31.2 Å². The van der Waals surface area contributed by atoms with Crippen LogP contribution in [0.2, 0.25) is 0 Å². The number of carbonyl (C=O) groups is 1. The van der Waals surface area contributed by atoms with E-state index in [9.17, 15) is 4.79 Å². The monoisotopic (exact) mass is 331 g/mol. The summed E-state index contributed by atoms with van der Waals surface area (Å²) in [6.07, 6.45) is 3.22. The lowest BCUT2D eigenvalue weighted by Gasteiger charge is -2.06. The molecular formula is C16H17N3O3S. The van der Waals surface area contributed by atoms with Crippen LogP contribution >= 0.6 is 11.8 Å². The second-order valence-corrected chi connectivity index (χ2v) is 5.35. The number of nitrogens with one attached hydrogen (secondary N) is 1. The maximum absolute atomic E-state index is 11.7. The molecule has 0 aliphatic carbocycles. The van der Waals surface area contributed by atoms with Gasteiger partial charge in [0.15, 0.2) is 0 Å². The van der Waals surface area contributed by atoms with Crippen molar-refractivity contribution in [3.05, 3.63) is 48.2 Å². The lowest BCUT2D eigenvalue weighted by Crippen LogP contribution is -2.19. The average Bonchev–Trinajstić information content (AvgIpc) is 2.61. The third-order valence-corrected chi connectivity index (χ3v) is 3.77. The summed E-state index contributed by atoms with van der Waals surface area (Å²) in [6, 6.07) is 10.9. The Labute approximate surface area is 138 Å². The summed E-state index contributed by atoms with van der Waals surface area (Å²) < 4.78 is 10.4. The molecule has 0 atom stereocenters. The zero-order valence-electron chi connectivity index (χ0n) is 12.9. The van der Waals surface area contributed by atoms with Crippen LogP contribution in [0.3, 0.4) is 0 Å². The summed E-state index contributed by atoms with van der Waals surface area (Å²) in [4.78, 5) is 15.9. The van der Waals surface area contributed by atoms with Crippen molar-refractivity contribution in [1.29, 1.82) is 0 Å². The first-order valence-corrected chi connectivity index (χ1v) is 7.79. The first-order chi connectivity index (χ1) is 11.2. The number of nitrogens with zero attached hydrogens (tertiary/aromatic N) is 2. The Bertz CT molecular complexity index is 678. The maximum Gasteiger partial charge on any atom is 0.250 e. The van der Waals surface area contributed by atoms with Crippen LogP contribution in [0.15, 0.2) is 52.7 Å². The molecule has 0 saturated heterocycles. The molecule has 1 amide bonds. The molecule has 2 rings (SSSR count). The first kappa shape index (κ1) is 16.8. The zero-order valence-corrected chi connectivity index (χ0v) is 13.7. The first-order valence-electron chi connectivity index (χ1n) is 6.80. The lowest BCUT2D eigenvalue weighted by molar-refractivity contribution is -0.118. The number of thioether (sulfide) groups is 1. The molecule has 0 fully saturated rings. The van der Waals surface area contributed by atoms with E-state index in [1.165, 1.54) is 18.0 Å². The van der Waals surface area contributed by atoms with Crippen molar-refractivity contribution in [2.75, 3.05) is 20.0 Å². The summed E-state index contributed by atoms with van der Waals surface area (Å²) in [7, 11) is 3.15. The van der Waals surface area contributed by atoms with E-state index in [2.05, 4.69) is 15.5 Å². The number of hydrazone groups is 1. The summed E-state index contributed by atoms with van der Waals surface area (Å²) in [5, 5.41) is 4.73. The lowest BCUT2D eigenvalue weighted by atomic mass is 10.2. The molecule has 23 heavy (non-hydrogen) atoms. The van der Waals surface area contributed by atoms with Crippen molar-refractivity contribution in [3.63, 3.8) is 0 Å². The Balaban J connectivity index is 1.87. The molecular weight excluding hydrogens is 314 g/mol. The van der Waals surface area contributed by atoms with Gasteiger partial charge in [0, 0.05) is 17.8 Å². The quantitative estimate of drug-likeness (QED) is 0.479. The van der Waals surface area contributed by atoms with Gasteiger partial charge < -0.3 is 9.47 Å². The van der Waals surface area contributed by atoms with E-state index in [0.29, 0.717) is 11.5 Å². The molecule has 0 saturated carbocycles. The van der Waals surface area contributed by atoms with Crippen LogP contribution in [0, 0.1) is 0 Å². The summed E-state index contributed by atoms with van der Waals surface area (Å²) >= 11 is 1.35. The number of carbonyl (C=O) groups excluding carboxylic acids is 1. The number of benzene rings is 1. The van der Waals surface area contributed by atoms with Gasteiger partial charge in [-0.2, -0.15) is 5.10 Å². The normalized spacial score (nSPS) is 10.5. The number of hydrogen-bond acceptors (Lipinski definition) is 6. The standard InChI is InChI=1S/C16H17N3O3S/c1-21-13-7-6-12(14(9-13)22-2)10-18-19-15(20)11-23-16-5-3-4-8-17-16/h3-10H,11H2,1-2H3,(H,19,20)/b18-10-. The molecule has 0 unspecified atom stereocenters. The van der Waals surface area contributed by atoms with Crippen molar-refractivity contribution < 1.29 is 14.3 Å². The van der Waals surface area contributed by atoms with Gasteiger partial charge in [0.1, 0.15) is 11.5 Å². The Morgan fingerprint density at radius 3 is 2.87 bits per heavy atom. The molecule has 1 aromatic heterocycles. The number of rotatable bonds is 7. The average molecular weight is 331 g/mol. The van der Waals surface area contributed by atoms with Crippen LogP contribution in [0.25, 0.3) is 0 Å². The van der Waals surface area contributed by atoms with Crippen LogP contribution in [-0.2, 0) is 4.79 Å². The zero-order chi connectivity index (χ0) is 16.5. The van der Waals surface area contributed by atoms with Gasteiger partial charge in [-0.15, -0.1) is 0 Å². The summed E-state index contributed by atoms with van der Waals surface area (Å²) in [5.74, 6) is 1.35. The number of pyridine rings is 1. The maximum atomic E-state index is 11.7. The summed E-state index contributed by atoms with van der Waals surface area (Å²) in [6.45, 7) is 0. The van der Waals surface area contributed by atoms with E-state index in [1.807, 2.05) is 18.2 Å². The van der Waals surface area contributed by atoms with Crippen LogP contribution in [0.1, 0.15) is 5.56 Å². The molecule has 0 radical (unpaired) electrons. The van der Waals surface area contributed by atoms with Crippen molar-refractivity contribution >= 4 is 23.9 Å². The van der Waals surface area contributed by atoms with Crippen molar-refractivity contribution in [1.82, 2.24) is 10.4 Å². The smallest absolute Gasteiger partial charge is 0.250 e. The number of hydrogen-bond donors (Lipinski definition) is 1. The van der Waals surface area contributed by atoms with Gasteiger partial charge in [-0.05, 0) is 24.3 Å².